The van der Waals surface area contributed by atoms with Crippen molar-refractivity contribution in [1.82, 2.24) is 9.36 Å². The van der Waals surface area contributed by atoms with E-state index in [1.54, 1.807) is 0 Å². The lowest BCUT2D eigenvalue weighted by atomic mass is 10.3. The molecule has 0 aliphatic heterocycles. The Balaban J connectivity index is 2.41. The van der Waals surface area contributed by atoms with Crippen LogP contribution in [0.4, 0.5) is 0 Å². The van der Waals surface area contributed by atoms with E-state index < -0.39 is 0 Å². The number of aryl methyl sites for hydroxylation is 2. The first kappa shape index (κ1) is 9.27. The maximum Gasteiger partial charge on any atom is 0.179 e. The van der Waals surface area contributed by atoms with Crippen LogP contribution in [-0.4, -0.2) is 9.36 Å². The van der Waals surface area contributed by atoms with Crippen molar-refractivity contribution in [3.05, 3.63) is 30.4 Å². The zero-order valence-electron chi connectivity index (χ0n) is 8.27. The minimum absolute atomic E-state index is 0.844. The molecule has 0 bridgehead atoms. The lowest BCUT2D eigenvalue weighted by Gasteiger charge is -1.94. The number of hydrogen-bond acceptors (Lipinski definition) is 3. The fourth-order valence-electron chi connectivity index (χ4n) is 1.26. The molecule has 0 fully saturated rings. The summed E-state index contributed by atoms with van der Waals surface area (Å²) in [6, 6.07) is 4.10. The molecule has 2 aromatic heterocycles. The minimum atomic E-state index is 0.844. The van der Waals surface area contributed by atoms with Crippen molar-refractivity contribution in [2.45, 2.75) is 20.4 Å². The van der Waals surface area contributed by atoms with Crippen molar-refractivity contribution in [1.29, 1.82) is 0 Å². The van der Waals surface area contributed by atoms with E-state index in [1.807, 2.05) is 13.0 Å². The number of aromatic nitrogens is 3. The van der Waals surface area contributed by atoms with Crippen LogP contribution in [0.3, 0.4) is 0 Å². The van der Waals surface area contributed by atoms with E-state index in [0.29, 0.717) is 0 Å². The van der Waals surface area contributed by atoms with Crippen LogP contribution in [0.15, 0.2) is 24.5 Å². The Kier molecular flexibility index (Phi) is 2.54. The molecule has 0 atom stereocenters. The van der Waals surface area contributed by atoms with Crippen LogP contribution < -0.4 is 4.57 Å². The molecule has 2 heterocycles. The monoisotopic (exact) mass is 206 g/mol. The SMILES string of the molecule is CC[n+]1cccc(-c2nc(C)ns2)c1. The van der Waals surface area contributed by atoms with Crippen LogP contribution in [0.5, 0.6) is 0 Å². The van der Waals surface area contributed by atoms with Gasteiger partial charge in [-0.3, -0.25) is 0 Å². The highest BCUT2D eigenvalue weighted by Gasteiger charge is 2.07. The van der Waals surface area contributed by atoms with Crippen molar-refractivity contribution >= 4 is 11.5 Å². The van der Waals surface area contributed by atoms with E-state index in [1.165, 1.54) is 11.5 Å². The first-order chi connectivity index (χ1) is 6.79. The third-order valence-electron chi connectivity index (χ3n) is 2.00. The Labute approximate surface area is 87.2 Å². The molecule has 0 aliphatic carbocycles. The molecule has 72 valence electrons. The zero-order valence-corrected chi connectivity index (χ0v) is 9.08. The van der Waals surface area contributed by atoms with Crippen LogP contribution in [0.1, 0.15) is 12.7 Å². The van der Waals surface area contributed by atoms with Crippen LogP contribution in [0.25, 0.3) is 10.6 Å². The summed E-state index contributed by atoms with van der Waals surface area (Å²) < 4.78 is 6.30. The Hall–Kier alpha value is -1.29. The van der Waals surface area contributed by atoms with Crippen molar-refractivity contribution in [3.63, 3.8) is 0 Å². The van der Waals surface area contributed by atoms with Gasteiger partial charge in [-0.25, -0.2) is 9.55 Å². The number of nitrogens with zero attached hydrogens (tertiary/aromatic N) is 3. The van der Waals surface area contributed by atoms with E-state index in [-0.39, 0.29) is 0 Å². The first-order valence-electron chi connectivity index (χ1n) is 4.59. The predicted octanol–water partition coefficient (Wildman–Crippen LogP) is 1.82. The van der Waals surface area contributed by atoms with Gasteiger partial charge in [0.25, 0.3) is 0 Å². The molecule has 0 unspecified atom stereocenters. The first-order valence-corrected chi connectivity index (χ1v) is 5.36. The lowest BCUT2D eigenvalue weighted by molar-refractivity contribution is -0.693. The quantitative estimate of drug-likeness (QED) is 0.701. The molecule has 0 amide bonds. The summed E-state index contributed by atoms with van der Waals surface area (Å²) >= 11 is 1.45. The predicted molar refractivity (Wildman–Crippen MR) is 56.0 cm³/mol. The second kappa shape index (κ2) is 3.84. The van der Waals surface area contributed by atoms with Gasteiger partial charge in [-0.2, -0.15) is 4.37 Å². The molecule has 3 nitrogen and oxygen atoms in total. The fraction of sp³-hybridized carbons (Fsp3) is 0.300. The minimum Gasteiger partial charge on any atom is -0.219 e. The van der Waals surface area contributed by atoms with Gasteiger partial charge in [-0.15, -0.1) is 0 Å². The highest BCUT2D eigenvalue weighted by molar-refractivity contribution is 7.09. The average molecular weight is 206 g/mol. The van der Waals surface area contributed by atoms with Gasteiger partial charge in [-0.1, -0.05) is 0 Å². The average Bonchev–Trinajstić information content (AvgIpc) is 2.65. The van der Waals surface area contributed by atoms with Gasteiger partial charge in [0.1, 0.15) is 17.4 Å². The molecule has 14 heavy (non-hydrogen) atoms. The second-order valence-corrected chi connectivity index (χ2v) is 3.82. The highest BCUT2D eigenvalue weighted by Crippen LogP contribution is 2.18. The summed E-state index contributed by atoms with van der Waals surface area (Å²) in [6.07, 6.45) is 4.15. The molecule has 4 heteroatoms. The fourth-order valence-corrected chi connectivity index (χ4v) is 1.92. The molecule has 0 N–H and O–H groups in total. The smallest absolute Gasteiger partial charge is 0.179 e. The standard InChI is InChI=1S/C10H12N3S/c1-3-13-6-4-5-9(7-13)10-11-8(2)12-14-10/h4-7H,3H2,1-2H3/q+1. The molecule has 0 aliphatic rings. The number of pyridine rings is 1. The number of rotatable bonds is 2. The van der Waals surface area contributed by atoms with Gasteiger partial charge in [-0.05, 0) is 31.4 Å². The summed E-state index contributed by atoms with van der Waals surface area (Å²) in [7, 11) is 0. The molecular weight excluding hydrogens is 194 g/mol. The molecule has 2 aromatic rings. The largest absolute Gasteiger partial charge is 0.219 e. The Morgan fingerprint density at radius 1 is 1.50 bits per heavy atom. The molecule has 2 rings (SSSR count). The molecule has 0 aromatic carbocycles. The van der Waals surface area contributed by atoms with E-state index in [2.05, 4.69) is 39.3 Å². The van der Waals surface area contributed by atoms with E-state index >= 15 is 0 Å². The van der Waals surface area contributed by atoms with Crippen molar-refractivity contribution < 1.29 is 4.57 Å². The van der Waals surface area contributed by atoms with Crippen molar-refractivity contribution in [2.24, 2.45) is 0 Å². The van der Waals surface area contributed by atoms with Crippen LogP contribution >= 0.6 is 11.5 Å². The zero-order chi connectivity index (χ0) is 9.97. The lowest BCUT2D eigenvalue weighted by Crippen LogP contribution is -2.30. The Morgan fingerprint density at radius 3 is 3.00 bits per heavy atom. The third kappa shape index (κ3) is 1.80. The normalized spacial score (nSPS) is 10.4. The van der Waals surface area contributed by atoms with E-state index in [9.17, 15) is 0 Å². The maximum atomic E-state index is 4.35. The van der Waals surface area contributed by atoms with Gasteiger partial charge in [0.2, 0.25) is 0 Å². The summed E-state index contributed by atoms with van der Waals surface area (Å²) in [5, 5.41) is 0.991. The molecular formula is C10H12N3S+. The van der Waals surface area contributed by atoms with E-state index in [4.69, 9.17) is 0 Å². The highest BCUT2D eigenvalue weighted by atomic mass is 32.1. The Morgan fingerprint density at radius 2 is 2.36 bits per heavy atom. The molecule has 0 saturated heterocycles. The topological polar surface area (TPSA) is 29.7 Å². The summed E-state index contributed by atoms with van der Waals surface area (Å²) in [5.41, 5.74) is 1.14. The van der Waals surface area contributed by atoms with Gasteiger partial charge < -0.3 is 0 Å². The van der Waals surface area contributed by atoms with Crippen molar-refractivity contribution in [3.8, 4) is 10.6 Å². The van der Waals surface area contributed by atoms with E-state index in [0.717, 1.165) is 22.9 Å². The second-order valence-electron chi connectivity index (χ2n) is 3.07. The maximum absolute atomic E-state index is 4.35. The van der Waals surface area contributed by atoms with Crippen LogP contribution in [-0.2, 0) is 6.54 Å². The van der Waals surface area contributed by atoms with Crippen molar-refractivity contribution in [2.75, 3.05) is 0 Å². The van der Waals surface area contributed by atoms with Gasteiger partial charge >= 0.3 is 0 Å². The molecule has 0 radical (unpaired) electrons. The summed E-state index contributed by atoms with van der Waals surface area (Å²) in [4.78, 5) is 4.35. The van der Waals surface area contributed by atoms with Crippen LogP contribution in [0, 0.1) is 6.92 Å². The van der Waals surface area contributed by atoms with Gasteiger partial charge in [0.05, 0.1) is 5.56 Å². The third-order valence-corrected chi connectivity index (χ3v) is 2.85. The Bertz CT molecular complexity index is 436. The summed E-state index contributed by atoms with van der Waals surface area (Å²) in [6.45, 7) is 5.01. The van der Waals surface area contributed by atoms with Gasteiger partial charge in [0, 0.05) is 6.07 Å². The van der Waals surface area contributed by atoms with Gasteiger partial charge in [0.15, 0.2) is 12.4 Å². The molecule has 0 saturated carbocycles. The van der Waals surface area contributed by atoms with Crippen LogP contribution in [0.2, 0.25) is 0 Å². The summed E-state index contributed by atoms with van der Waals surface area (Å²) in [5.74, 6) is 0.844. The molecule has 0 spiro atoms. The number of hydrogen-bond donors (Lipinski definition) is 0.